The lowest BCUT2D eigenvalue weighted by atomic mass is 10.1. The topological polar surface area (TPSA) is 136 Å². The summed E-state index contributed by atoms with van der Waals surface area (Å²) in [6.45, 7) is -0.00887. The third-order valence-electron chi connectivity index (χ3n) is 2.77. The standard InChI is InChI=1S/C10H17N3O5/c1-18-10(17)7-2-5(14)4-13(7)9(16)6(11)3-8(12)15/h5-7,14H,2-4,11H2,1H3,(H2,12,15)/t5-,6+,7+/m1/s1. The number of ether oxygens (including phenoxy) is 1. The van der Waals surface area contributed by atoms with Gasteiger partial charge in [0.15, 0.2) is 0 Å². The molecule has 1 aliphatic heterocycles. The zero-order chi connectivity index (χ0) is 13.9. The molecule has 0 bridgehead atoms. The number of rotatable bonds is 4. The minimum absolute atomic E-state index is 0.00887. The van der Waals surface area contributed by atoms with E-state index in [0.29, 0.717) is 0 Å². The quantitative estimate of drug-likeness (QED) is 0.471. The first-order valence-corrected chi connectivity index (χ1v) is 5.47. The highest BCUT2D eigenvalue weighted by molar-refractivity contribution is 5.91. The predicted molar refractivity (Wildman–Crippen MR) is 59.9 cm³/mol. The van der Waals surface area contributed by atoms with Gasteiger partial charge in [-0.3, -0.25) is 9.59 Å². The van der Waals surface area contributed by atoms with E-state index in [9.17, 15) is 19.5 Å². The molecule has 0 aromatic rings. The normalized spacial score (nSPS) is 24.7. The van der Waals surface area contributed by atoms with Crippen LogP contribution in [0.15, 0.2) is 0 Å². The van der Waals surface area contributed by atoms with E-state index in [4.69, 9.17) is 11.5 Å². The van der Waals surface area contributed by atoms with Crippen molar-refractivity contribution in [2.45, 2.75) is 31.0 Å². The van der Waals surface area contributed by atoms with Crippen LogP contribution in [0.25, 0.3) is 0 Å². The summed E-state index contributed by atoms with van der Waals surface area (Å²) in [5.41, 5.74) is 10.5. The van der Waals surface area contributed by atoms with Crippen LogP contribution in [-0.4, -0.2) is 59.6 Å². The lowest BCUT2D eigenvalue weighted by molar-refractivity contribution is -0.151. The summed E-state index contributed by atoms with van der Waals surface area (Å²) in [5.74, 6) is -1.92. The summed E-state index contributed by atoms with van der Waals surface area (Å²) in [5, 5.41) is 9.49. The molecule has 3 atom stereocenters. The maximum atomic E-state index is 11.9. The first-order valence-electron chi connectivity index (χ1n) is 5.47. The molecule has 0 radical (unpaired) electrons. The third kappa shape index (κ3) is 3.17. The average molecular weight is 259 g/mol. The van der Waals surface area contributed by atoms with Gasteiger partial charge in [-0.05, 0) is 0 Å². The van der Waals surface area contributed by atoms with E-state index in [1.165, 1.54) is 7.11 Å². The molecule has 0 saturated carbocycles. The van der Waals surface area contributed by atoms with Crippen LogP contribution in [-0.2, 0) is 19.1 Å². The van der Waals surface area contributed by atoms with E-state index >= 15 is 0 Å². The number of nitrogens with two attached hydrogens (primary N) is 2. The van der Waals surface area contributed by atoms with E-state index in [-0.39, 0.29) is 19.4 Å². The summed E-state index contributed by atoms with van der Waals surface area (Å²) in [6, 6.07) is -1.98. The Hall–Kier alpha value is -1.67. The summed E-state index contributed by atoms with van der Waals surface area (Å²) in [6.07, 6.45) is -1.01. The number of aliphatic hydroxyl groups excluding tert-OH is 1. The van der Waals surface area contributed by atoms with Gasteiger partial charge < -0.3 is 26.2 Å². The van der Waals surface area contributed by atoms with Crippen molar-refractivity contribution in [3.8, 4) is 0 Å². The van der Waals surface area contributed by atoms with Crippen molar-refractivity contribution in [3.05, 3.63) is 0 Å². The molecule has 1 fully saturated rings. The largest absolute Gasteiger partial charge is 0.467 e. The van der Waals surface area contributed by atoms with Crippen molar-refractivity contribution in [2.24, 2.45) is 11.5 Å². The van der Waals surface area contributed by atoms with Gasteiger partial charge in [0.1, 0.15) is 6.04 Å². The Morgan fingerprint density at radius 3 is 2.61 bits per heavy atom. The molecule has 0 unspecified atom stereocenters. The van der Waals surface area contributed by atoms with Gasteiger partial charge in [0.2, 0.25) is 11.8 Å². The van der Waals surface area contributed by atoms with E-state index in [0.717, 1.165) is 4.90 Å². The van der Waals surface area contributed by atoms with Crippen molar-refractivity contribution >= 4 is 17.8 Å². The summed E-state index contributed by atoms with van der Waals surface area (Å²) in [7, 11) is 1.19. The van der Waals surface area contributed by atoms with Crippen LogP contribution < -0.4 is 11.5 Å². The SMILES string of the molecule is COC(=O)[C@@H]1C[C@@H](O)CN1C(=O)[C@@H](N)CC(N)=O. The van der Waals surface area contributed by atoms with Crippen LogP contribution in [0.4, 0.5) is 0 Å². The minimum Gasteiger partial charge on any atom is -0.467 e. The van der Waals surface area contributed by atoms with Crippen LogP contribution in [0.3, 0.4) is 0 Å². The number of carbonyl (C=O) groups excluding carboxylic acids is 3. The molecule has 2 amide bonds. The van der Waals surface area contributed by atoms with Gasteiger partial charge >= 0.3 is 5.97 Å². The number of amides is 2. The molecule has 8 heteroatoms. The zero-order valence-electron chi connectivity index (χ0n) is 10.0. The molecule has 102 valence electrons. The number of likely N-dealkylation sites (tertiary alicyclic amines) is 1. The molecular formula is C10H17N3O5. The van der Waals surface area contributed by atoms with Crippen LogP contribution in [0, 0.1) is 0 Å². The van der Waals surface area contributed by atoms with Crippen LogP contribution >= 0.6 is 0 Å². The fraction of sp³-hybridized carbons (Fsp3) is 0.700. The Bertz CT molecular complexity index is 359. The van der Waals surface area contributed by atoms with E-state index in [1.54, 1.807) is 0 Å². The van der Waals surface area contributed by atoms with Crippen LogP contribution in [0.5, 0.6) is 0 Å². The Morgan fingerprint density at radius 1 is 1.50 bits per heavy atom. The lowest BCUT2D eigenvalue weighted by Gasteiger charge is -2.24. The summed E-state index contributed by atoms with van der Waals surface area (Å²) >= 11 is 0. The molecule has 18 heavy (non-hydrogen) atoms. The van der Waals surface area contributed by atoms with E-state index < -0.39 is 36.0 Å². The number of methoxy groups -OCH3 is 1. The van der Waals surface area contributed by atoms with Crippen LogP contribution in [0.1, 0.15) is 12.8 Å². The number of nitrogens with zero attached hydrogens (tertiary/aromatic N) is 1. The molecule has 0 aromatic carbocycles. The second-order valence-corrected chi connectivity index (χ2v) is 4.20. The van der Waals surface area contributed by atoms with E-state index in [2.05, 4.69) is 4.74 Å². The molecular weight excluding hydrogens is 242 g/mol. The molecule has 0 spiro atoms. The fourth-order valence-corrected chi connectivity index (χ4v) is 1.93. The van der Waals surface area contributed by atoms with Gasteiger partial charge in [-0.1, -0.05) is 0 Å². The second-order valence-electron chi connectivity index (χ2n) is 4.20. The van der Waals surface area contributed by atoms with Crippen molar-refractivity contribution in [2.75, 3.05) is 13.7 Å². The van der Waals surface area contributed by atoms with Gasteiger partial charge in [0, 0.05) is 13.0 Å². The molecule has 8 nitrogen and oxygen atoms in total. The first-order chi connectivity index (χ1) is 8.36. The smallest absolute Gasteiger partial charge is 0.328 e. The minimum atomic E-state index is -1.11. The molecule has 0 aromatic heterocycles. The van der Waals surface area contributed by atoms with Gasteiger partial charge in [-0.2, -0.15) is 0 Å². The van der Waals surface area contributed by atoms with Crippen molar-refractivity contribution in [3.63, 3.8) is 0 Å². The molecule has 1 aliphatic rings. The Kier molecular flexibility index (Phi) is 4.62. The molecule has 0 aliphatic carbocycles. The first kappa shape index (κ1) is 14.4. The average Bonchev–Trinajstić information content (AvgIpc) is 2.68. The fourth-order valence-electron chi connectivity index (χ4n) is 1.93. The Morgan fingerprint density at radius 2 is 2.11 bits per heavy atom. The van der Waals surface area contributed by atoms with E-state index in [1.807, 2.05) is 0 Å². The van der Waals surface area contributed by atoms with Crippen LogP contribution in [0.2, 0.25) is 0 Å². The van der Waals surface area contributed by atoms with Gasteiger partial charge in [0.25, 0.3) is 0 Å². The molecule has 1 saturated heterocycles. The van der Waals surface area contributed by atoms with Gasteiger partial charge in [0.05, 0.1) is 25.7 Å². The molecule has 1 rings (SSSR count). The second kappa shape index (κ2) is 5.78. The highest BCUT2D eigenvalue weighted by Gasteiger charge is 2.41. The van der Waals surface area contributed by atoms with Crippen molar-refractivity contribution < 1.29 is 24.2 Å². The Balaban J connectivity index is 2.76. The lowest BCUT2D eigenvalue weighted by Crippen LogP contribution is -2.50. The summed E-state index contributed by atoms with van der Waals surface area (Å²) < 4.78 is 4.55. The highest BCUT2D eigenvalue weighted by atomic mass is 16.5. The molecule has 1 heterocycles. The number of hydrogen-bond acceptors (Lipinski definition) is 6. The summed E-state index contributed by atoms with van der Waals surface area (Å²) in [4.78, 5) is 35.2. The predicted octanol–water partition coefficient (Wildman–Crippen LogP) is -2.68. The molecule has 5 N–H and O–H groups in total. The maximum Gasteiger partial charge on any atom is 0.328 e. The van der Waals surface area contributed by atoms with Gasteiger partial charge in [-0.25, -0.2) is 4.79 Å². The third-order valence-corrected chi connectivity index (χ3v) is 2.77. The number of β-amino-alcohol motifs (C(OH)–C–C–N with tert-alkyl or cyclic N) is 1. The van der Waals surface area contributed by atoms with Crippen molar-refractivity contribution in [1.82, 2.24) is 4.90 Å². The zero-order valence-corrected chi connectivity index (χ0v) is 10.0. The number of hydrogen-bond donors (Lipinski definition) is 3. The number of primary amides is 1. The monoisotopic (exact) mass is 259 g/mol. The number of carbonyl (C=O) groups is 3. The Labute approximate surface area is 104 Å². The highest BCUT2D eigenvalue weighted by Crippen LogP contribution is 2.20. The number of aliphatic hydroxyl groups is 1. The number of esters is 1. The van der Waals surface area contributed by atoms with Crippen molar-refractivity contribution in [1.29, 1.82) is 0 Å². The maximum absolute atomic E-state index is 11.9. The van der Waals surface area contributed by atoms with Gasteiger partial charge in [-0.15, -0.1) is 0 Å².